The monoisotopic (exact) mass is 226 g/mol. The minimum absolute atomic E-state index is 0.543. The number of carboxylic acids is 1. The van der Waals surface area contributed by atoms with Crippen molar-refractivity contribution in [2.24, 2.45) is 17.6 Å². The SMILES string of the molecule is CC(N)(CCN1CC2CCCC2C1)C(=O)O. The molecular formula is C12H22N2O2. The predicted octanol–water partition coefficient (Wildman–Crippen LogP) is 0.910. The van der Waals surface area contributed by atoms with E-state index in [2.05, 4.69) is 4.90 Å². The smallest absolute Gasteiger partial charge is 0.323 e. The Hall–Kier alpha value is -0.610. The fourth-order valence-corrected chi connectivity index (χ4v) is 3.01. The number of hydrogen-bond acceptors (Lipinski definition) is 3. The van der Waals surface area contributed by atoms with Gasteiger partial charge in [0.05, 0.1) is 0 Å². The number of nitrogens with two attached hydrogens (primary N) is 1. The maximum Gasteiger partial charge on any atom is 0.323 e. The fraction of sp³-hybridized carbons (Fsp3) is 0.917. The van der Waals surface area contributed by atoms with E-state index in [1.807, 2.05) is 0 Å². The maximum absolute atomic E-state index is 10.9. The Kier molecular flexibility index (Phi) is 3.22. The van der Waals surface area contributed by atoms with Crippen LogP contribution in [0.15, 0.2) is 0 Å². The van der Waals surface area contributed by atoms with Gasteiger partial charge >= 0.3 is 5.97 Å². The third-order valence-electron chi connectivity index (χ3n) is 4.24. The molecule has 92 valence electrons. The van der Waals surface area contributed by atoms with Crippen molar-refractivity contribution in [1.82, 2.24) is 4.90 Å². The Morgan fingerprint density at radius 2 is 2.00 bits per heavy atom. The van der Waals surface area contributed by atoms with Crippen LogP contribution >= 0.6 is 0 Å². The molecule has 4 heteroatoms. The zero-order valence-electron chi connectivity index (χ0n) is 9.98. The van der Waals surface area contributed by atoms with Crippen molar-refractivity contribution in [3.05, 3.63) is 0 Å². The van der Waals surface area contributed by atoms with Gasteiger partial charge in [0.25, 0.3) is 0 Å². The van der Waals surface area contributed by atoms with E-state index in [0.717, 1.165) is 31.5 Å². The largest absolute Gasteiger partial charge is 0.480 e. The summed E-state index contributed by atoms with van der Waals surface area (Å²) in [5, 5.41) is 8.93. The number of aliphatic carboxylic acids is 1. The van der Waals surface area contributed by atoms with Crippen LogP contribution in [-0.2, 0) is 4.79 Å². The van der Waals surface area contributed by atoms with Gasteiger partial charge < -0.3 is 15.7 Å². The van der Waals surface area contributed by atoms with Crippen LogP contribution in [0.2, 0.25) is 0 Å². The summed E-state index contributed by atoms with van der Waals surface area (Å²) in [6, 6.07) is 0. The van der Waals surface area contributed by atoms with Crippen molar-refractivity contribution in [2.45, 2.75) is 38.1 Å². The number of carbonyl (C=O) groups is 1. The van der Waals surface area contributed by atoms with Gasteiger partial charge in [0.1, 0.15) is 5.54 Å². The molecule has 2 rings (SSSR count). The molecule has 1 aliphatic carbocycles. The Balaban J connectivity index is 1.78. The molecule has 2 fully saturated rings. The summed E-state index contributed by atoms with van der Waals surface area (Å²) in [5.41, 5.74) is 4.66. The summed E-state index contributed by atoms with van der Waals surface area (Å²) in [6.07, 6.45) is 4.65. The third kappa shape index (κ3) is 2.38. The lowest BCUT2D eigenvalue weighted by Gasteiger charge is -2.23. The molecule has 4 nitrogen and oxygen atoms in total. The summed E-state index contributed by atoms with van der Waals surface area (Å²) in [6.45, 7) is 4.74. The van der Waals surface area contributed by atoms with Crippen LogP contribution < -0.4 is 5.73 Å². The van der Waals surface area contributed by atoms with Gasteiger partial charge in [-0.15, -0.1) is 0 Å². The van der Waals surface area contributed by atoms with Gasteiger partial charge in [0.2, 0.25) is 0 Å². The molecule has 0 aromatic carbocycles. The van der Waals surface area contributed by atoms with Crippen LogP contribution in [0.4, 0.5) is 0 Å². The van der Waals surface area contributed by atoms with E-state index in [9.17, 15) is 4.79 Å². The topological polar surface area (TPSA) is 66.6 Å². The van der Waals surface area contributed by atoms with Crippen molar-refractivity contribution < 1.29 is 9.90 Å². The lowest BCUT2D eigenvalue weighted by Crippen LogP contribution is -2.47. The van der Waals surface area contributed by atoms with Crippen LogP contribution in [0.3, 0.4) is 0 Å². The summed E-state index contributed by atoms with van der Waals surface area (Å²) >= 11 is 0. The predicted molar refractivity (Wildman–Crippen MR) is 62.1 cm³/mol. The number of carboxylic acid groups (broad SMARTS) is 1. The number of fused-ring (bicyclic) bond motifs is 1. The van der Waals surface area contributed by atoms with Crippen molar-refractivity contribution in [3.8, 4) is 0 Å². The molecule has 0 aromatic heterocycles. The van der Waals surface area contributed by atoms with E-state index in [-0.39, 0.29) is 0 Å². The van der Waals surface area contributed by atoms with Gasteiger partial charge in [0.15, 0.2) is 0 Å². The highest BCUT2D eigenvalue weighted by molar-refractivity contribution is 5.77. The Morgan fingerprint density at radius 3 is 2.50 bits per heavy atom. The normalized spacial score (nSPS) is 33.6. The molecule has 0 aromatic rings. The molecule has 0 bridgehead atoms. The second-order valence-electron chi connectivity index (χ2n) is 5.68. The van der Waals surface area contributed by atoms with Gasteiger partial charge in [-0.25, -0.2) is 0 Å². The molecule has 3 N–H and O–H groups in total. The highest BCUT2D eigenvalue weighted by atomic mass is 16.4. The average Bonchev–Trinajstić information content (AvgIpc) is 2.73. The van der Waals surface area contributed by atoms with Crippen molar-refractivity contribution in [1.29, 1.82) is 0 Å². The zero-order valence-corrected chi connectivity index (χ0v) is 9.98. The highest BCUT2D eigenvalue weighted by Gasteiger charge is 2.37. The van der Waals surface area contributed by atoms with Crippen LogP contribution in [0.1, 0.15) is 32.6 Å². The first-order chi connectivity index (χ1) is 7.49. The van der Waals surface area contributed by atoms with E-state index in [1.54, 1.807) is 6.92 Å². The molecule has 3 unspecified atom stereocenters. The van der Waals surface area contributed by atoms with E-state index >= 15 is 0 Å². The molecule has 0 amide bonds. The molecule has 1 saturated carbocycles. The zero-order chi connectivity index (χ0) is 11.8. The van der Waals surface area contributed by atoms with E-state index < -0.39 is 11.5 Å². The van der Waals surface area contributed by atoms with Crippen molar-refractivity contribution in [3.63, 3.8) is 0 Å². The maximum atomic E-state index is 10.9. The molecule has 3 atom stereocenters. The molecular weight excluding hydrogens is 204 g/mol. The number of rotatable bonds is 4. The van der Waals surface area contributed by atoms with Gasteiger partial charge in [0, 0.05) is 19.6 Å². The first-order valence-electron chi connectivity index (χ1n) is 6.23. The fourth-order valence-electron chi connectivity index (χ4n) is 3.01. The Morgan fingerprint density at radius 1 is 1.44 bits per heavy atom. The second kappa shape index (κ2) is 4.34. The first-order valence-corrected chi connectivity index (χ1v) is 6.23. The standard InChI is InChI=1S/C12H22N2O2/c1-12(13,11(15)16)5-6-14-7-9-3-2-4-10(9)8-14/h9-10H,2-8,13H2,1H3,(H,15,16). The van der Waals surface area contributed by atoms with Gasteiger partial charge in [-0.2, -0.15) is 0 Å². The molecule has 16 heavy (non-hydrogen) atoms. The Labute approximate surface area is 96.8 Å². The summed E-state index contributed by atoms with van der Waals surface area (Å²) in [5.74, 6) is 0.842. The van der Waals surface area contributed by atoms with E-state index in [1.165, 1.54) is 19.3 Å². The van der Waals surface area contributed by atoms with Crippen LogP contribution in [-0.4, -0.2) is 41.1 Å². The summed E-state index contributed by atoms with van der Waals surface area (Å²) < 4.78 is 0. The first kappa shape index (κ1) is 11.9. The highest BCUT2D eigenvalue weighted by Crippen LogP contribution is 2.37. The number of nitrogens with zero attached hydrogens (tertiary/aromatic N) is 1. The molecule has 0 spiro atoms. The minimum Gasteiger partial charge on any atom is -0.480 e. The van der Waals surface area contributed by atoms with Crippen molar-refractivity contribution in [2.75, 3.05) is 19.6 Å². The summed E-state index contributed by atoms with van der Waals surface area (Å²) in [4.78, 5) is 13.3. The van der Waals surface area contributed by atoms with Crippen molar-refractivity contribution >= 4 is 5.97 Å². The lowest BCUT2D eigenvalue weighted by molar-refractivity contribution is -0.143. The van der Waals surface area contributed by atoms with Crippen LogP contribution in [0, 0.1) is 11.8 Å². The average molecular weight is 226 g/mol. The minimum atomic E-state index is -1.07. The lowest BCUT2D eigenvalue weighted by atomic mass is 9.99. The molecule has 1 saturated heterocycles. The third-order valence-corrected chi connectivity index (χ3v) is 4.24. The van der Waals surface area contributed by atoms with E-state index in [0.29, 0.717) is 6.42 Å². The number of hydrogen-bond donors (Lipinski definition) is 2. The van der Waals surface area contributed by atoms with Crippen LogP contribution in [0.5, 0.6) is 0 Å². The second-order valence-corrected chi connectivity index (χ2v) is 5.68. The van der Waals surface area contributed by atoms with Crippen LogP contribution in [0.25, 0.3) is 0 Å². The number of likely N-dealkylation sites (tertiary alicyclic amines) is 1. The molecule has 1 heterocycles. The molecule has 1 aliphatic heterocycles. The quantitative estimate of drug-likeness (QED) is 0.747. The molecule has 0 radical (unpaired) electrons. The van der Waals surface area contributed by atoms with Gasteiger partial charge in [-0.3, -0.25) is 4.79 Å². The van der Waals surface area contributed by atoms with E-state index in [4.69, 9.17) is 10.8 Å². The summed E-state index contributed by atoms with van der Waals surface area (Å²) in [7, 11) is 0. The Bertz CT molecular complexity index is 266. The molecule has 2 aliphatic rings. The van der Waals surface area contributed by atoms with Gasteiger partial charge in [-0.05, 0) is 38.0 Å². The van der Waals surface area contributed by atoms with Gasteiger partial charge in [-0.1, -0.05) is 6.42 Å².